The molecule has 2 atom stereocenters. The second-order valence-electron chi connectivity index (χ2n) is 5.95. The highest BCUT2D eigenvalue weighted by molar-refractivity contribution is 9.10. The molecule has 0 amide bonds. The second kappa shape index (κ2) is 7.03. The van der Waals surface area contributed by atoms with E-state index in [-0.39, 0.29) is 5.54 Å². The van der Waals surface area contributed by atoms with E-state index in [1.807, 2.05) is 7.11 Å². The van der Waals surface area contributed by atoms with Crippen LogP contribution in [0, 0.1) is 0 Å². The van der Waals surface area contributed by atoms with Gasteiger partial charge < -0.3 is 10.5 Å². The van der Waals surface area contributed by atoms with Crippen molar-refractivity contribution in [2.24, 2.45) is 5.73 Å². The van der Waals surface area contributed by atoms with Crippen LogP contribution in [0.3, 0.4) is 0 Å². The highest BCUT2D eigenvalue weighted by Crippen LogP contribution is 2.25. The zero-order valence-corrected chi connectivity index (χ0v) is 14.0. The molecule has 1 aromatic carbocycles. The van der Waals surface area contributed by atoms with Crippen molar-refractivity contribution in [3.05, 3.63) is 34.3 Å². The number of nitrogens with two attached hydrogens (primary N) is 1. The summed E-state index contributed by atoms with van der Waals surface area (Å²) in [6.07, 6.45) is 3.67. The van der Waals surface area contributed by atoms with E-state index in [9.17, 15) is 0 Å². The van der Waals surface area contributed by atoms with Gasteiger partial charge in [0.15, 0.2) is 0 Å². The van der Waals surface area contributed by atoms with Crippen molar-refractivity contribution >= 4 is 15.9 Å². The van der Waals surface area contributed by atoms with E-state index in [1.54, 1.807) is 0 Å². The quantitative estimate of drug-likeness (QED) is 0.895. The predicted octanol–water partition coefficient (Wildman–Crippen LogP) is 2.82. The highest BCUT2D eigenvalue weighted by atomic mass is 79.9. The van der Waals surface area contributed by atoms with Crippen molar-refractivity contribution in [1.82, 2.24) is 4.90 Å². The molecule has 0 aliphatic carbocycles. The minimum Gasteiger partial charge on any atom is -0.380 e. The van der Waals surface area contributed by atoms with Gasteiger partial charge in [-0.25, -0.2) is 0 Å². The van der Waals surface area contributed by atoms with Gasteiger partial charge in [-0.3, -0.25) is 4.90 Å². The summed E-state index contributed by atoms with van der Waals surface area (Å²) >= 11 is 3.48. The molecule has 3 nitrogen and oxygen atoms in total. The van der Waals surface area contributed by atoms with Crippen LogP contribution in [0.2, 0.25) is 0 Å². The molecular weight excluding hydrogens is 316 g/mol. The Kier molecular flexibility index (Phi) is 5.61. The first-order chi connectivity index (χ1) is 9.57. The molecule has 2 unspecified atom stereocenters. The van der Waals surface area contributed by atoms with Crippen LogP contribution in [0.15, 0.2) is 28.7 Å². The number of piperidine rings is 1. The fourth-order valence-electron chi connectivity index (χ4n) is 2.98. The third kappa shape index (κ3) is 3.82. The van der Waals surface area contributed by atoms with Crippen LogP contribution >= 0.6 is 15.9 Å². The standard InChI is InChI=1S/C16H25BrN2O/c1-16(12-18,10-13-5-7-14(17)8-6-13)19-9-3-4-15(11-19)20-2/h5-8,15H,3-4,9-12,18H2,1-2H3. The number of methoxy groups -OCH3 is 1. The molecule has 1 fully saturated rings. The zero-order valence-electron chi connectivity index (χ0n) is 12.4. The van der Waals surface area contributed by atoms with Gasteiger partial charge in [0, 0.05) is 30.2 Å². The average Bonchev–Trinajstić information content (AvgIpc) is 2.49. The van der Waals surface area contributed by atoms with Gasteiger partial charge in [-0.05, 0) is 50.4 Å². The van der Waals surface area contributed by atoms with Crippen LogP contribution < -0.4 is 5.73 Å². The fourth-order valence-corrected chi connectivity index (χ4v) is 3.24. The van der Waals surface area contributed by atoms with Crippen molar-refractivity contribution in [1.29, 1.82) is 0 Å². The molecule has 0 bridgehead atoms. The van der Waals surface area contributed by atoms with Gasteiger partial charge in [0.2, 0.25) is 0 Å². The van der Waals surface area contributed by atoms with Crippen molar-refractivity contribution in [2.75, 3.05) is 26.7 Å². The van der Waals surface area contributed by atoms with E-state index in [1.165, 1.54) is 12.0 Å². The number of rotatable bonds is 5. The molecule has 1 aliphatic rings. The second-order valence-corrected chi connectivity index (χ2v) is 6.87. The Bertz CT molecular complexity index is 423. The van der Waals surface area contributed by atoms with E-state index in [0.29, 0.717) is 12.6 Å². The topological polar surface area (TPSA) is 38.5 Å². The van der Waals surface area contributed by atoms with Crippen molar-refractivity contribution < 1.29 is 4.74 Å². The average molecular weight is 341 g/mol. The summed E-state index contributed by atoms with van der Waals surface area (Å²) in [7, 11) is 1.81. The Hall–Kier alpha value is -0.420. The highest BCUT2D eigenvalue weighted by Gasteiger charge is 2.34. The van der Waals surface area contributed by atoms with Crippen LogP contribution in [0.1, 0.15) is 25.3 Å². The maximum Gasteiger partial charge on any atom is 0.0698 e. The predicted molar refractivity (Wildman–Crippen MR) is 86.9 cm³/mol. The maximum atomic E-state index is 6.11. The molecule has 4 heteroatoms. The van der Waals surface area contributed by atoms with Gasteiger partial charge in [-0.15, -0.1) is 0 Å². The van der Waals surface area contributed by atoms with Gasteiger partial charge in [-0.1, -0.05) is 28.1 Å². The van der Waals surface area contributed by atoms with Crippen LogP contribution in [0.25, 0.3) is 0 Å². The van der Waals surface area contributed by atoms with E-state index in [0.717, 1.165) is 30.4 Å². The molecule has 0 aromatic heterocycles. The summed E-state index contributed by atoms with van der Waals surface area (Å²) in [6, 6.07) is 8.55. The molecule has 0 saturated carbocycles. The summed E-state index contributed by atoms with van der Waals surface area (Å²) in [5, 5.41) is 0. The lowest BCUT2D eigenvalue weighted by Gasteiger charge is -2.45. The lowest BCUT2D eigenvalue weighted by atomic mass is 9.88. The summed E-state index contributed by atoms with van der Waals surface area (Å²) < 4.78 is 6.66. The fraction of sp³-hybridized carbons (Fsp3) is 0.625. The van der Waals surface area contributed by atoms with Crippen LogP contribution in [0.4, 0.5) is 0 Å². The van der Waals surface area contributed by atoms with Crippen LogP contribution in [0.5, 0.6) is 0 Å². The number of benzene rings is 1. The molecule has 1 saturated heterocycles. The van der Waals surface area contributed by atoms with Crippen LogP contribution in [-0.2, 0) is 11.2 Å². The lowest BCUT2D eigenvalue weighted by molar-refractivity contribution is -0.0113. The molecule has 2 N–H and O–H groups in total. The first-order valence-electron chi connectivity index (χ1n) is 7.30. The first kappa shape index (κ1) is 16.0. The molecular formula is C16H25BrN2O. The van der Waals surface area contributed by atoms with E-state index < -0.39 is 0 Å². The van der Waals surface area contributed by atoms with Crippen molar-refractivity contribution in [3.63, 3.8) is 0 Å². The van der Waals surface area contributed by atoms with E-state index >= 15 is 0 Å². The Balaban J connectivity index is 2.09. The van der Waals surface area contributed by atoms with Gasteiger partial charge in [-0.2, -0.15) is 0 Å². The number of ether oxygens (including phenoxy) is 1. The minimum atomic E-state index is 0.00499. The molecule has 1 aromatic rings. The van der Waals surface area contributed by atoms with Gasteiger partial charge >= 0.3 is 0 Å². The number of hydrogen-bond donors (Lipinski definition) is 1. The largest absolute Gasteiger partial charge is 0.380 e. The number of halogens is 1. The molecule has 20 heavy (non-hydrogen) atoms. The summed E-state index contributed by atoms with van der Waals surface area (Å²) in [6.45, 7) is 5.04. The normalized spacial score (nSPS) is 23.5. The smallest absolute Gasteiger partial charge is 0.0698 e. The Labute approximate surface area is 130 Å². The van der Waals surface area contributed by atoms with Gasteiger partial charge in [0.25, 0.3) is 0 Å². The zero-order chi connectivity index (χ0) is 14.6. The van der Waals surface area contributed by atoms with Crippen molar-refractivity contribution in [3.8, 4) is 0 Å². The molecule has 2 rings (SSSR count). The maximum absolute atomic E-state index is 6.11. The third-order valence-corrected chi connectivity index (χ3v) is 4.94. The van der Waals surface area contributed by atoms with E-state index in [2.05, 4.69) is 52.0 Å². The molecule has 1 aliphatic heterocycles. The summed E-state index contributed by atoms with van der Waals surface area (Å²) in [5.41, 5.74) is 7.45. The molecule has 0 radical (unpaired) electrons. The first-order valence-corrected chi connectivity index (χ1v) is 8.09. The number of likely N-dealkylation sites (tertiary alicyclic amines) is 1. The summed E-state index contributed by atoms with van der Waals surface area (Å²) in [4.78, 5) is 2.51. The number of hydrogen-bond acceptors (Lipinski definition) is 3. The molecule has 1 heterocycles. The monoisotopic (exact) mass is 340 g/mol. The van der Waals surface area contributed by atoms with Crippen LogP contribution in [-0.4, -0.2) is 43.3 Å². The summed E-state index contributed by atoms with van der Waals surface area (Å²) in [5.74, 6) is 0. The van der Waals surface area contributed by atoms with Gasteiger partial charge in [0.05, 0.1) is 6.10 Å². The van der Waals surface area contributed by atoms with E-state index in [4.69, 9.17) is 10.5 Å². The molecule has 112 valence electrons. The Morgan fingerprint density at radius 2 is 2.10 bits per heavy atom. The third-order valence-electron chi connectivity index (χ3n) is 4.41. The molecule has 0 spiro atoms. The van der Waals surface area contributed by atoms with Crippen molar-refractivity contribution in [2.45, 2.75) is 37.8 Å². The Morgan fingerprint density at radius 3 is 2.70 bits per heavy atom. The van der Waals surface area contributed by atoms with Gasteiger partial charge in [0.1, 0.15) is 0 Å². The lowest BCUT2D eigenvalue weighted by Crippen LogP contribution is -2.57. The Morgan fingerprint density at radius 1 is 1.40 bits per heavy atom. The minimum absolute atomic E-state index is 0.00499. The number of nitrogens with zero attached hydrogens (tertiary/aromatic N) is 1. The SMILES string of the molecule is COC1CCCN(C(C)(CN)Cc2ccc(Br)cc2)C1.